The molecular weight excluding hydrogens is 458 g/mol. The molecule has 6 nitrogen and oxygen atoms in total. The van der Waals surface area contributed by atoms with E-state index in [1.54, 1.807) is 36.1 Å². The summed E-state index contributed by atoms with van der Waals surface area (Å²) < 4.78 is 5.81. The first kappa shape index (κ1) is 23.3. The van der Waals surface area contributed by atoms with E-state index < -0.39 is 6.10 Å². The van der Waals surface area contributed by atoms with Gasteiger partial charge in [-0.2, -0.15) is 0 Å². The van der Waals surface area contributed by atoms with Crippen molar-refractivity contribution in [3.8, 4) is 5.75 Å². The Morgan fingerprint density at radius 1 is 1.30 bits per heavy atom. The van der Waals surface area contributed by atoms with Gasteiger partial charge in [0.05, 0.1) is 4.88 Å². The Bertz CT molecular complexity index is 1190. The van der Waals surface area contributed by atoms with Crippen LogP contribution in [0.3, 0.4) is 0 Å². The molecule has 0 spiro atoms. The third kappa shape index (κ3) is 5.20. The largest absolute Gasteiger partial charge is 0.481 e. The van der Waals surface area contributed by atoms with E-state index in [1.165, 1.54) is 11.3 Å². The van der Waals surface area contributed by atoms with Gasteiger partial charge in [0.1, 0.15) is 5.75 Å². The molecule has 8 heteroatoms. The lowest BCUT2D eigenvalue weighted by Crippen LogP contribution is -2.43. The van der Waals surface area contributed by atoms with Gasteiger partial charge in [-0.25, -0.2) is 0 Å². The van der Waals surface area contributed by atoms with Gasteiger partial charge in [0.2, 0.25) is 0 Å². The smallest absolute Gasteiger partial charge is 0.263 e. The van der Waals surface area contributed by atoms with Gasteiger partial charge in [-0.05, 0) is 79.1 Å². The SMILES string of the molecule is Cc1ccsc1C(=O)NCc1c(C)ncc2c1CCN(C(=O)[C@H](C)Oc1cccc(Cl)c1)C2. The summed E-state index contributed by atoms with van der Waals surface area (Å²) in [4.78, 5) is 32.7. The Labute approximate surface area is 202 Å². The van der Waals surface area contributed by atoms with Crippen LogP contribution in [-0.2, 0) is 24.3 Å². The summed E-state index contributed by atoms with van der Waals surface area (Å²) in [5.74, 6) is 0.417. The number of thiophene rings is 1. The van der Waals surface area contributed by atoms with Gasteiger partial charge in [0.15, 0.2) is 6.10 Å². The van der Waals surface area contributed by atoms with Crippen LogP contribution in [0.4, 0.5) is 0 Å². The zero-order valence-corrected chi connectivity index (χ0v) is 20.4. The van der Waals surface area contributed by atoms with E-state index in [0.717, 1.165) is 32.8 Å². The number of hydrogen-bond acceptors (Lipinski definition) is 5. The van der Waals surface area contributed by atoms with Gasteiger partial charge < -0.3 is 15.0 Å². The fourth-order valence-electron chi connectivity index (χ4n) is 4.05. The zero-order valence-electron chi connectivity index (χ0n) is 18.9. The molecule has 0 saturated heterocycles. The van der Waals surface area contributed by atoms with Gasteiger partial charge in [0, 0.05) is 36.5 Å². The monoisotopic (exact) mass is 483 g/mol. The number of benzene rings is 1. The molecule has 0 unspecified atom stereocenters. The van der Waals surface area contributed by atoms with Crippen LogP contribution in [0.5, 0.6) is 5.75 Å². The van der Waals surface area contributed by atoms with Gasteiger partial charge in [0.25, 0.3) is 11.8 Å². The maximum absolute atomic E-state index is 13.0. The van der Waals surface area contributed by atoms with Crippen molar-refractivity contribution >= 4 is 34.8 Å². The second-order valence-corrected chi connectivity index (χ2v) is 9.52. The average Bonchev–Trinajstić information content (AvgIpc) is 3.23. The highest BCUT2D eigenvalue weighted by Crippen LogP contribution is 2.26. The standard InChI is InChI=1S/C25H26ClN3O3S/c1-15-8-10-33-23(15)24(30)28-13-22-16(2)27-12-18-14-29(9-7-21(18)22)25(31)17(3)32-20-6-4-5-19(26)11-20/h4-6,8,10-12,17H,7,9,13-14H2,1-3H3,(H,28,30)/t17-/m0/s1. The molecule has 0 bridgehead atoms. The summed E-state index contributed by atoms with van der Waals surface area (Å²) >= 11 is 7.46. The van der Waals surface area contributed by atoms with E-state index in [-0.39, 0.29) is 11.8 Å². The van der Waals surface area contributed by atoms with E-state index >= 15 is 0 Å². The van der Waals surface area contributed by atoms with Crippen molar-refractivity contribution in [2.75, 3.05) is 6.54 Å². The number of carbonyl (C=O) groups excluding carboxylic acids is 2. The molecule has 33 heavy (non-hydrogen) atoms. The number of ether oxygens (including phenoxy) is 1. The predicted octanol–water partition coefficient (Wildman–Crippen LogP) is 4.70. The van der Waals surface area contributed by atoms with E-state index in [4.69, 9.17) is 16.3 Å². The summed E-state index contributed by atoms with van der Waals surface area (Å²) in [6.07, 6.45) is 1.91. The van der Waals surface area contributed by atoms with Crippen molar-refractivity contribution in [2.24, 2.45) is 0 Å². The lowest BCUT2D eigenvalue weighted by molar-refractivity contribution is -0.138. The van der Waals surface area contributed by atoms with Crippen LogP contribution in [0.1, 0.15) is 44.5 Å². The number of nitrogens with zero attached hydrogens (tertiary/aromatic N) is 2. The Morgan fingerprint density at radius 3 is 2.85 bits per heavy atom. The first-order valence-corrected chi connectivity index (χ1v) is 12.1. The first-order chi connectivity index (χ1) is 15.8. The van der Waals surface area contributed by atoms with Gasteiger partial charge in [-0.1, -0.05) is 17.7 Å². The first-order valence-electron chi connectivity index (χ1n) is 10.8. The third-order valence-corrected chi connectivity index (χ3v) is 7.11. The van der Waals surface area contributed by atoms with Crippen molar-refractivity contribution in [2.45, 2.75) is 46.4 Å². The summed E-state index contributed by atoms with van der Waals surface area (Å²) in [6, 6.07) is 8.98. The molecule has 0 radical (unpaired) electrons. The number of rotatable bonds is 6. The minimum atomic E-state index is -0.629. The van der Waals surface area contributed by atoms with Gasteiger partial charge in [-0.15, -0.1) is 11.3 Å². The van der Waals surface area contributed by atoms with Crippen molar-refractivity contribution in [3.63, 3.8) is 0 Å². The summed E-state index contributed by atoms with van der Waals surface area (Å²) in [7, 11) is 0. The number of amides is 2. The highest BCUT2D eigenvalue weighted by molar-refractivity contribution is 7.12. The van der Waals surface area contributed by atoms with Crippen LogP contribution in [0.2, 0.25) is 5.02 Å². The lowest BCUT2D eigenvalue weighted by atomic mass is 9.94. The van der Waals surface area contributed by atoms with Crippen LogP contribution < -0.4 is 10.1 Å². The molecule has 1 aliphatic rings. The van der Waals surface area contributed by atoms with Crippen LogP contribution >= 0.6 is 22.9 Å². The van der Waals surface area contributed by atoms with E-state index in [0.29, 0.717) is 36.8 Å². The molecule has 172 valence electrons. The van der Waals surface area contributed by atoms with Crippen molar-refractivity contribution in [3.05, 3.63) is 79.8 Å². The predicted molar refractivity (Wildman–Crippen MR) is 130 cm³/mol. The number of aromatic nitrogens is 1. The number of nitrogens with one attached hydrogen (secondary N) is 1. The molecule has 1 aliphatic heterocycles. The van der Waals surface area contributed by atoms with Crippen molar-refractivity contribution in [1.29, 1.82) is 0 Å². The number of hydrogen-bond donors (Lipinski definition) is 1. The number of fused-ring (bicyclic) bond motifs is 1. The normalized spacial score (nSPS) is 13.9. The second-order valence-electron chi connectivity index (χ2n) is 8.17. The maximum Gasteiger partial charge on any atom is 0.263 e. The van der Waals surface area contributed by atoms with E-state index in [1.807, 2.05) is 31.5 Å². The summed E-state index contributed by atoms with van der Waals surface area (Å²) in [5, 5.41) is 5.52. The number of aryl methyl sites for hydroxylation is 2. The van der Waals surface area contributed by atoms with Crippen LogP contribution in [0.25, 0.3) is 0 Å². The highest BCUT2D eigenvalue weighted by atomic mass is 35.5. The molecule has 2 amide bonds. The quantitative estimate of drug-likeness (QED) is 0.551. The Kier molecular flexibility index (Phi) is 7.00. The Morgan fingerprint density at radius 2 is 2.12 bits per heavy atom. The van der Waals surface area contributed by atoms with E-state index in [2.05, 4.69) is 10.3 Å². The molecule has 3 heterocycles. The van der Waals surface area contributed by atoms with Crippen LogP contribution in [0, 0.1) is 13.8 Å². The topological polar surface area (TPSA) is 71.5 Å². The fraction of sp³-hybridized carbons (Fsp3) is 0.320. The number of pyridine rings is 1. The molecule has 0 aliphatic carbocycles. The molecule has 2 aromatic heterocycles. The van der Waals surface area contributed by atoms with Gasteiger partial charge >= 0.3 is 0 Å². The molecule has 4 rings (SSSR count). The molecule has 0 fully saturated rings. The number of carbonyl (C=O) groups is 2. The molecule has 0 saturated carbocycles. The number of halogens is 1. The average molecular weight is 484 g/mol. The minimum absolute atomic E-state index is 0.0703. The fourth-order valence-corrected chi connectivity index (χ4v) is 5.07. The molecule has 1 N–H and O–H groups in total. The van der Waals surface area contributed by atoms with Gasteiger partial charge in [-0.3, -0.25) is 14.6 Å². The molecule has 1 atom stereocenters. The molecule has 1 aromatic carbocycles. The zero-order chi connectivity index (χ0) is 23.5. The molecular formula is C25H26ClN3O3S. The third-order valence-electron chi connectivity index (χ3n) is 5.86. The lowest BCUT2D eigenvalue weighted by Gasteiger charge is -2.32. The highest BCUT2D eigenvalue weighted by Gasteiger charge is 2.28. The Balaban J connectivity index is 1.44. The minimum Gasteiger partial charge on any atom is -0.481 e. The van der Waals surface area contributed by atoms with Crippen molar-refractivity contribution in [1.82, 2.24) is 15.2 Å². The van der Waals surface area contributed by atoms with Crippen molar-refractivity contribution < 1.29 is 14.3 Å². The summed E-state index contributed by atoms with van der Waals surface area (Å²) in [5.41, 5.74) is 5.08. The second kappa shape index (κ2) is 9.93. The van der Waals surface area contributed by atoms with Crippen LogP contribution in [0.15, 0.2) is 41.9 Å². The Hall–Kier alpha value is -2.90. The maximum atomic E-state index is 13.0. The summed E-state index contributed by atoms with van der Waals surface area (Å²) in [6.45, 7) is 7.11. The molecule has 3 aromatic rings. The van der Waals surface area contributed by atoms with Crippen LogP contribution in [-0.4, -0.2) is 34.3 Å². The van der Waals surface area contributed by atoms with E-state index in [9.17, 15) is 9.59 Å².